The monoisotopic (exact) mass is 532 g/mol. The van der Waals surface area contributed by atoms with E-state index in [1.54, 1.807) is 0 Å². The van der Waals surface area contributed by atoms with Gasteiger partial charge in [-0.2, -0.15) is 26.3 Å². The molecule has 1 aromatic rings. The number of nitrogen functional groups attached to an aromatic ring is 1. The summed E-state index contributed by atoms with van der Waals surface area (Å²) in [5.41, 5.74) is 3.08. The predicted octanol–water partition coefficient (Wildman–Crippen LogP) is 4.69. The number of carbonyl (C=O) groups is 1. The van der Waals surface area contributed by atoms with Crippen molar-refractivity contribution in [1.29, 1.82) is 0 Å². The van der Waals surface area contributed by atoms with Crippen LogP contribution in [0.2, 0.25) is 0 Å². The second-order valence-corrected chi connectivity index (χ2v) is 9.31. The van der Waals surface area contributed by atoms with E-state index < -0.39 is 61.6 Å². The third-order valence-corrected chi connectivity index (χ3v) is 6.84. The number of hydrogen-bond donors (Lipinski definition) is 4. The molecule has 1 aliphatic carbocycles. The molecule has 3 rings (SSSR count). The number of anilines is 3. The average molecular weight is 532 g/mol. The minimum absolute atomic E-state index is 0.0455. The van der Waals surface area contributed by atoms with Crippen LogP contribution >= 0.6 is 0 Å². The molecule has 0 spiro atoms. The fourth-order valence-electron chi connectivity index (χ4n) is 4.62. The molecule has 0 aromatic heterocycles. The van der Waals surface area contributed by atoms with Crippen LogP contribution in [0.5, 0.6) is 0 Å². The normalized spacial score (nSPS) is 23.0. The maximum absolute atomic E-state index is 13.2. The van der Waals surface area contributed by atoms with Gasteiger partial charge in [0, 0.05) is 32.0 Å². The first-order valence-corrected chi connectivity index (χ1v) is 11.5. The zero-order valence-corrected chi connectivity index (χ0v) is 19.2. The number of hydrogen-bond acceptors (Lipinski definition) is 5. The minimum atomic E-state index is -4.85. The Hall–Kier alpha value is -2.51. The number of halogens is 8. The van der Waals surface area contributed by atoms with Crippen molar-refractivity contribution in [2.24, 2.45) is 5.92 Å². The first-order valence-electron chi connectivity index (χ1n) is 11.5. The first-order chi connectivity index (χ1) is 16.6. The van der Waals surface area contributed by atoms with Crippen molar-refractivity contribution in [2.75, 3.05) is 35.6 Å². The lowest BCUT2D eigenvalue weighted by atomic mass is 9.85. The molecule has 1 heterocycles. The SMILES string of the molecule is Nc1cc(C(=O)N[C@H]2CC[C@H](C(F)(F)F)CC2)c(N2CCC(O)(C(F)(F)F)CC2)cc1NCC(F)F. The predicted molar refractivity (Wildman–Crippen MR) is 117 cm³/mol. The summed E-state index contributed by atoms with van der Waals surface area (Å²) in [6, 6.07) is 1.94. The van der Waals surface area contributed by atoms with E-state index >= 15 is 0 Å². The highest BCUT2D eigenvalue weighted by Gasteiger charge is 2.54. The summed E-state index contributed by atoms with van der Waals surface area (Å²) in [4.78, 5) is 14.5. The Balaban J connectivity index is 1.82. The summed E-state index contributed by atoms with van der Waals surface area (Å²) >= 11 is 0. The maximum Gasteiger partial charge on any atom is 0.417 e. The van der Waals surface area contributed by atoms with Crippen LogP contribution in [0.3, 0.4) is 0 Å². The lowest BCUT2D eigenvalue weighted by Gasteiger charge is -2.40. The van der Waals surface area contributed by atoms with Gasteiger partial charge in [0.25, 0.3) is 12.3 Å². The summed E-state index contributed by atoms with van der Waals surface area (Å²) in [7, 11) is 0. The standard InChI is InChI=1S/C22H28F8N4O2/c23-18(24)11-32-16-10-17(34-7-5-20(36,6-8-34)22(28,29)30)14(9-15(16)31)19(35)33-13-3-1-12(2-4-13)21(25,26)27/h9-10,12-13,18,32,36H,1-8,11,31H2,(H,33,35)/t12-,13-. The molecular weight excluding hydrogens is 504 g/mol. The van der Waals surface area contributed by atoms with Crippen LogP contribution in [-0.2, 0) is 0 Å². The lowest BCUT2D eigenvalue weighted by molar-refractivity contribution is -0.266. The smallest absolute Gasteiger partial charge is 0.397 e. The van der Waals surface area contributed by atoms with Crippen molar-refractivity contribution >= 4 is 23.0 Å². The van der Waals surface area contributed by atoms with E-state index in [2.05, 4.69) is 10.6 Å². The molecule has 1 saturated heterocycles. The van der Waals surface area contributed by atoms with Gasteiger partial charge >= 0.3 is 12.4 Å². The molecule has 5 N–H and O–H groups in total. The molecule has 14 heteroatoms. The van der Waals surface area contributed by atoms with Gasteiger partial charge in [-0.3, -0.25) is 4.79 Å². The minimum Gasteiger partial charge on any atom is -0.397 e. The number of benzene rings is 1. The molecule has 0 radical (unpaired) electrons. The molecule has 1 aromatic carbocycles. The van der Waals surface area contributed by atoms with Gasteiger partial charge in [0.05, 0.1) is 35.1 Å². The van der Waals surface area contributed by atoms with E-state index in [-0.39, 0.29) is 61.4 Å². The lowest BCUT2D eigenvalue weighted by Crippen LogP contribution is -2.53. The zero-order chi connectivity index (χ0) is 26.9. The molecule has 0 unspecified atom stereocenters. The number of piperidine rings is 1. The van der Waals surface area contributed by atoms with Gasteiger partial charge in [-0.15, -0.1) is 0 Å². The Bertz CT molecular complexity index is 922. The van der Waals surface area contributed by atoms with Gasteiger partial charge in [-0.25, -0.2) is 8.78 Å². The zero-order valence-electron chi connectivity index (χ0n) is 19.2. The Morgan fingerprint density at radius 2 is 1.67 bits per heavy atom. The molecule has 0 bridgehead atoms. The third-order valence-electron chi connectivity index (χ3n) is 6.84. The van der Waals surface area contributed by atoms with Gasteiger partial charge in [0.1, 0.15) is 0 Å². The van der Waals surface area contributed by atoms with Gasteiger partial charge in [0.15, 0.2) is 5.60 Å². The van der Waals surface area contributed by atoms with Crippen molar-refractivity contribution in [2.45, 2.75) is 68.9 Å². The van der Waals surface area contributed by atoms with E-state index in [4.69, 9.17) is 5.73 Å². The second-order valence-electron chi connectivity index (χ2n) is 9.31. The molecule has 1 saturated carbocycles. The number of rotatable bonds is 6. The van der Waals surface area contributed by atoms with E-state index in [1.165, 1.54) is 17.0 Å². The van der Waals surface area contributed by atoms with Crippen molar-refractivity contribution in [3.8, 4) is 0 Å². The number of alkyl halides is 8. The van der Waals surface area contributed by atoms with Crippen LogP contribution in [0.4, 0.5) is 52.2 Å². The molecule has 36 heavy (non-hydrogen) atoms. The number of nitrogens with one attached hydrogen (secondary N) is 2. The summed E-state index contributed by atoms with van der Waals surface area (Å²) in [5.74, 6) is -2.14. The highest BCUT2D eigenvalue weighted by molar-refractivity contribution is 6.02. The largest absolute Gasteiger partial charge is 0.417 e. The molecule has 204 valence electrons. The number of nitrogens with two attached hydrogens (primary N) is 1. The van der Waals surface area contributed by atoms with Crippen molar-refractivity contribution in [3.05, 3.63) is 17.7 Å². The Morgan fingerprint density at radius 1 is 1.08 bits per heavy atom. The number of amides is 1. The molecule has 2 aliphatic rings. The summed E-state index contributed by atoms with van der Waals surface area (Å²) in [6.45, 7) is -1.33. The van der Waals surface area contributed by atoms with Crippen LogP contribution in [0.1, 0.15) is 48.9 Å². The van der Waals surface area contributed by atoms with Crippen LogP contribution in [0.25, 0.3) is 0 Å². The highest BCUT2D eigenvalue weighted by atomic mass is 19.4. The van der Waals surface area contributed by atoms with Gasteiger partial charge in [-0.1, -0.05) is 0 Å². The van der Waals surface area contributed by atoms with Crippen LogP contribution < -0.4 is 21.3 Å². The van der Waals surface area contributed by atoms with Crippen molar-refractivity contribution in [3.63, 3.8) is 0 Å². The van der Waals surface area contributed by atoms with Gasteiger partial charge < -0.3 is 26.4 Å². The highest BCUT2D eigenvalue weighted by Crippen LogP contribution is 2.41. The van der Waals surface area contributed by atoms with E-state index in [0.29, 0.717) is 0 Å². The fraction of sp³-hybridized carbons (Fsp3) is 0.682. The van der Waals surface area contributed by atoms with E-state index in [0.717, 1.165) is 0 Å². The van der Waals surface area contributed by atoms with Gasteiger partial charge in [0.2, 0.25) is 0 Å². The maximum atomic E-state index is 13.2. The van der Waals surface area contributed by atoms with Crippen LogP contribution in [0, 0.1) is 5.92 Å². The average Bonchev–Trinajstić information content (AvgIpc) is 2.77. The van der Waals surface area contributed by atoms with E-state index in [1.807, 2.05) is 0 Å². The second kappa shape index (κ2) is 10.5. The Labute approximate surface area is 202 Å². The number of nitrogens with zero attached hydrogens (tertiary/aromatic N) is 1. The number of aliphatic hydroxyl groups is 1. The van der Waals surface area contributed by atoms with Crippen molar-refractivity contribution < 1.29 is 45.0 Å². The summed E-state index contributed by atoms with van der Waals surface area (Å²) in [5, 5.41) is 15.1. The molecule has 6 nitrogen and oxygen atoms in total. The Morgan fingerprint density at radius 3 is 2.17 bits per heavy atom. The molecule has 2 fully saturated rings. The molecule has 1 amide bonds. The van der Waals surface area contributed by atoms with Crippen molar-refractivity contribution in [1.82, 2.24) is 5.32 Å². The third kappa shape index (κ3) is 6.43. The van der Waals surface area contributed by atoms with Gasteiger partial charge in [-0.05, 0) is 37.8 Å². The Kier molecular flexibility index (Phi) is 8.16. The molecular formula is C22H28F8N4O2. The van der Waals surface area contributed by atoms with Crippen LogP contribution in [-0.4, -0.2) is 61.1 Å². The van der Waals surface area contributed by atoms with Crippen LogP contribution in [0.15, 0.2) is 12.1 Å². The first kappa shape index (κ1) is 28.1. The summed E-state index contributed by atoms with van der Waals surface area (Å²) in [6.07, 6.45) is -13.4. The topological polar surface area (TPSA) is 90.6 Å². The number of carbonyl (C=O) groups excluding carboxylic acids is 1. The van der Waals surface area contributed by atoms with E-state index in [9.17, 15) is 45.0 Å². The molecule has 1 aliphatic heterocycles. The molecule has 0 atom stereocenters. The summed E-state index contributed by atoms with van der Waals surface area (Å²) < 4.78 is 104. The fourth-order valence-corrected chi connectivity index (χ4v) is 4.62. The quantitative estimate of drug-likeness (QED) is 0.315.